The van der Waals surface area contributed by atoms with Crippen LogP contribution in [0.1, 0.15) is 19.3 Å². The number of carbonyl (C=O) groups is 1. The van der Waals surface area contributed by atoms with E-state index in [2.05, 4.69) is 0 Å². The van der Waals surface area contributed by atoms with Crippen LogP contribution < -0.4 is 0 Å². The lowest BCUT2D eigenvalue weighted by molar-refractivity contribution is -0.104. The molecular formula is C10H16O3. The number of hydrogen-bond donors (Lipinski definition) is 0. The van der Waals surface area contributed by atoms with Crippen molar-refractivity contribution < 1.29 is 14.3 Å². The van der Waals surface area contributed by atoms with Crippen LogP contribution >= 0.6 is 0 Å². The third kappa shape index (κ3) is 2.94. The second kappa shape index (κ2) is 5.14. The van der Waals surface area contributed by atoms with E-state index in [0.29, 0.717) is 6.61 Å². The maximum absolute atomic E-state index is 10.2. The Morgan fingerprint density at radius 2 is 2.38 bits per heavy atom. The summed E-state index contributed by atoms with van der Waals surface area (Å²) in [7, 11) is 1.65. The Morgan fingerprint density at radius 3 is 2.92 bits per heavy atom. The van der Waals surface area contributed by atoms with E-state index in [4.69, 9.17) is 9.47 Å². The van der Waals surface area contributed by atoms with E-state index in [1.165, 1.54) is 6.08 Å². The van der Waals surface area contributed by atoms with Crippen molar-refractivity contribution in [1.82, 2.24) is 0 Å². The van der Waals surface area contributed by atoms with Gasteiger partial charge in [-0.2, -0.15) is 0 Å². The topological polar surface area (TPSA) is 35.5 Å². The van der Waals surface area contributed by atoms with Crippen LogP contribution in [0, 0.1) is 0 Å². The molecule has 1 aliphatic heterocycles. The molecule has 13 heavy (non-hydrogen) atoms. The zero-order chi connectivity index (χ0) is 9.57. The van der Waals surface area contributed by atoms with Gasteiger partial charge in [0.1, 0.15) is 11.9 Å². The Hall–Kier alpha value is -0.670. The van der Waals surface area contributed by atoms with E-state index in [0.717, 1.165) is 32.2 Å². The predicted molar refractivity (Wildman–Crippen MR) is 49.6 cm³/mol. The van der Waals surface area contributed by atoms with E-state index in [1.807, 2.05) is 6.08 Å². The molecule has 1 saturated heterocycles. The van der Waals surface area contributed by atoms with Crippen LogP contribution in [0.2, 0.25) is 0 Å². The highest BCUT2D eigenvalue weighted by Crippen LogP contribution is 2.26. The van der Waals surface area contributed by atoms with Crippen LogP contribution in [0.25, 0.3) is 0 Å². The van der Waals surface area contributed by atoms with Crippen LogP contribution in [-0.2, 0) is 14.3 Å². The number of rotatable bonds is 4. The predicted octanol–water partition coefficient (Wildman–Crippen LogP) is 1.33. The van der Waals surface area contributed by atoms with Gasteiger partial charge in [-0.1, -0.05) is 0 Å². The van der Waals surface area contributed by atoms with Crippen LogP contribution in [0.3, 0.4) is 0 Å². The average Bonchev–Trinajstić information content (AvgIpc) is 2.17. The van der Waals surface area contributed by atoms with Crippen LogP contribution in [0.5, 0.6) is 0 Å². The molecule has 0 aromatic heterocycles. The number of aldehydes is 1. The molecule has 1 rings (SSSR count). The van der Waals surface area contributed by atoms with E-state index in [1.54, 1.807) is 7.11 Å². The van der Waals surface area contributed by atoms with Crippen molar-refractivity contribution in [3.05, 3.63) is 12.2 Å². The van der Waals surface area contributed by atoms with Gasteiger partial charge in [0.25, 0.3) is 0 Å². The second-order valence-electron chi connectivity index (χ2n) is 3.30. The minimum atomic E-state index is -0.353. The van der Waals surface area contributed by atoms with E-state index in [-0.39, 0.29) is 5.60 Å². The van der Waals surface area contributed by atoms with Crippen molar-refractivity contribution in [3.8, 4) is 0 Å². The zero-order valence-electron chi connectivity index (χ0n) is 7.99. The summed E-state index contributed by atoms with van der Waals surface area (Å²) in [5.74, 6) is 0. The molecule has 1 heterocycles. The smallest absolute Gasteiger partial charge is 0.142 e. The number of carbonyl (C=O) groups excluding carboxylic acids is 1. The number of ether oxygens (including phenoxy) is 2. The van der Waals surface area contributed by atoms with Gasteiger partial charge in [0, 0.05) is 13.7 Å². The molecule has 1 unspecified atom stereocenters. The zero-order valence-corrected chi connectivity index (χ0v) is 7.99. The molecule has 1 fully saturated rings. The first-order valence-electron chi connectivity index (χ1n) is 4.59. The quantitative estimate of drug-likeness (QED) is 0.488. The minimum Gasteiger partial charge on any atom is -0.381 e. The highest BCUT2D eigenvalue weighted by molar-refractivity contribution is 5.65. The molecule has 3 nitrogen and oxygen atoms in total. The molecule has 1 aliphatic rings. The van der Waals surface area contributed by atoms with Gasteiger partial charge in [-0.15, -0.1) is 0 Å². The lowest BCUT2D eigenvalue weighted by atomic mass is 9.94. The molecule has 0 bridgehead atoms. The fourth-order valence-corrected chi connectivity index (χ4v) is 1.63. The minimum absolute atomic E-state index is 0.353. The Bertz CT molecular complexity index is 175. The number of hydrogen-bond acceptors (Lipinski definition) is 3. The van der Waals surface area contributed by atoms with Crippen LogP contribution in [0.15, 0.2) is 12.2 Å². The van der Waals surface area contributed by atoms with E-state index >= 15 is 0 Å². The lowest BCUT2D eigenvalue weighted by Crippen LogP contribution is -2.38. The van der Waals surface area contributed by atoms with E-state index < -0.39 is 0 Å². The summed E-state index contributed by atoms with van der Waals surface area (Å²) >= 11 is 0. The molecule has 0 aromatic rings. The molecule has 0 saturated carbocycles. The molecule has 0 aliphatic carbocycles. The van der Waals surface area contributed by atoms with Gasteiger partial charge in [-0.25, -0.2) is 0 Å². The highest BCUT2D eigenvalue weighted by Gasteiger charge is 2.30. The summed E-state index contributed by atoms with van der Waals surface area (Å²) < 4.78 is 10.7. The van der Waals surface area contributed by atoms with Crippen molar-refractivity contribution in [1.29, 1.82) is 0 Å². The van der Waals surface area contributed by atoms with Gasteiger partial charge in [0.2, 0.25) is 0 Å². The molecule has 3 heteroatoms. The van der Waals surface area contributed by atoms with Crippen molar-refractivity contribution >= 4 is 6.29 Å². The fourth-order valence-electron chi connectivity index (χ4n) is 1.63. The van der Waals surface area contributed by atoms with Gasteiger partial charge in [-0.3, -0.25) is 4.79 Å². The van der Waals surface area contributed by atoms with Gasteiger partial charge in [0.05, 0.1) is 6.61 Å². The summed E-state index contributed by atoms with van der Waals surface area (Å²) in [6, 6.07) is 0. The van der Waals surface area contributed by atoms with Crippen molar-refractivity contribution in [2.24, 2.45) is 0 Å². The first-order valence-corrected chi connectivity index (χ1v) is 4.59. The van der Waals surface area contributed by atoms with Crippen LogP contribution in [-0.4, -0.2) is 32.2 Å². The van der Waals surface area contributed by atoms with Gasteiger partial charge in [-0.05, 0) is 31.4 Å². The maximum Gasteiger partial charge on any atom is 0.142 e. The third-order valence-electron chi connectivity index (χ3n) is 2.25. The monoisotopic (exact) mass is 184 g/mol. The van der Waals surface area contributed by atoms with Gasteiger partial charge >= 0.3 is 0 Å². The molecule has 0 radical (unpaired) electrons. The first-order chi connectivity index (χ1) is 6.33. The standard InChI is InChI=1S/C10H16O3/c1-12-9-10(6-4-7-11)5-2-3-8-13-10/h4,6-7H,2-3,5,8-9H2,1H3/b6-4+. The lowest BCUT2D eigenvalue weighted by Gasteiger charge is -2.33. The Morgan fingerprint density at radius 1 is 1.54 bits per heavy atom. The van der Waals surface area contributed by atoms with Crippen LogP contribution in [0.4, 0.5) is 0 Å². The summed E-state index contributed by atoms with van der Waals surface area (Å²) in [5.41, 5.74) is -0.353. The molecule has 0 aromatic carbocycles. The number of allylic oxidation sites excluding steroid dienone is 1. The molecular weight excluding hydrogens is 168 g/mol. The SMILES string of the molecule is COCC1(/C=C/C=O)CCCCO1. The van der Waals surface area contributed by atoms with Crippen molar-refractivity contribution in [2.75, 3.05) is 20.3 Å². The Labute approximate surface area is 78.7 Å². The maximum atomic E-state index is 10.2. The summed E-state index contributed by atoms with van der Waals surface area (Å²) in [6.45, 7) is 1.28. The molecule has 0 N–H and O–H groups in total. The largest absolute Gasteiger partial charge is 0.381 e. The average molecular weight is 184 g/mol. The highest BCUT2D eigenvalue weighted by atomic mass is 16.5. The number of methoxy groups -OCH3 is 1. The molecule has 74 valence electrons. The van der Waals surface area contributed by atoms with E-state index in [9.17, 15) is 4.79 Å². The molecule has 0 amide bonds. The van der Waals surface area contributed by atoms with Crippen molar-refractivity contribution in [3.63, 3.8) is 0 Å². The Balaban J connectivity index is 2.60. The summed E-state index contributed by atoms with van der Waals surface area (Å²) in [5, 5.41) is 0. The summed E-state index contributed by atoms with van der Waals surface area (Å²) in [6.07, 6.45) is 7.24. The second-order valence-corrected chi connectivity index (χ2v) is 3.30. The van der Waals surface area contributed by atoms with Crippen molar-refractivity contribution in [2.45, 2.75) is 24.9 Å². The molecule has 1 atom stereocenters. The normalized spacial score (nSPS) is 29.3. The summed E-state index contributed by atoms with van der Waals surface area (Å²) in [4.78, 5) is 10.2. The molecule has 0 spiro atoms. The first kappa shape index (κ1) is 10.4. The van der Waals surface area contributed by atoms with Gasteiger partial charge in [0.15, 0.2) is 0 Å². The Kier molecular flexibility index (Phi) is 4.12. The van der Waals surface area contributed by atoms with Gasteiger partial charge < -0.3 is 9.47 Å². The third-order valence-corrected chi connectivity index (χ3v) is 2.25. The fraction of sp³-hybridized carbons (Fsp3) is 0.700.